The lowest BCUT2D eigenvalue weighted by Gasteiger charge is -2.07. The third-order valence-corrected chi connectivity index (χ3v) is 2.69. The highest BCUT2D eigenvalue weighted by atomic mass is 35.6. The fraction of sp³-hybridized carbons (Fsp3) is 0.333. The van der Waals surface area contributed by atoms with E-state index in [-0.39, 0.29) is 10.6 Å². The summed E-state index contributed by atoms with van der Waals surface area (Å²) in [5, 5.41) is 9.29. The number of aryl methyl sites for hydroxylation is 1. The van der Waals surface area contributed by atoms with Crippen molar-refractivity contribution >= 4 is 52.1 Å². The van der Waals surface area contributed by atoms with Crippen molar-refractivity contribution < 1.29 is 9.90 Å². The van der Waals surface area contributed by atoms with Gasteiger partial charge < -0.3 is 5.11 Å². The van der Waals surface area contributed by atoms with Crippen LogP contribution in [0.2, 0.25) is 0 Å². The van der Waals surface area contributed by atoms with E-state index in [1.807, 2.05) is 0 Å². The molecule has 13 heavy (non-hydrogen) atoms. The van der Waals surface area contributed by atoms with Crippen molar-refractivity contribution in [1.82, 2.24) is 4.98 Å². The minimum atomic E-state index is -1.78. The number of carboxylic acids is 1. The number of alkyl halides is 3. The first-order chi connectivity index (χ1) is 5.82. The standard InChI is InChI=1S/C6H4Cl3NO2S/c1-2-10-4(6(7,8)9)3(13-2)5(11)12/h1H3,(H,11,12). The molecular formula is C6H4Cl3NO2S. The Morgan fingerprint density at radius 2 is 2.08 bits per heavy atom. The molecule has 72 valence electrons. The SMILES string of the molecule is Cc1nc(C(Cl)(Cl)Cl)c(C(=O)O)s1. The summed E-state index contributed by atoms with van der Waals surface area (Å²) >= 11 is 17.6. The van der Waals surface area contributed by atoms with Crippen molar-refractivity contribution in [3.05, 3.63) is 15.6 Å². The Morgan fingerprint density at radius 1 is 1.54 bits per heavy atom. The second-order valence-electron chi connectivity index (χ2n) is 2.21. The van der Waals surface area contributed by atoms with Crippen molar-refractivity contribution in [3.63, 3.8) is 0 Å². The number of aromatic carboxylic acids is 1. The van der Waals surface area contributed by atoms with Crippen LogP contribution in [-0.2, 0) is 3.79 Å². The number of rotatable bonds is 1. The van der Waals surface area contributed by atoms with E-state index in [0.29, 0.717) is 5.01 Å². The highest BCUT2D eigenvalue weighted by molar-refractivity contribution is 7.13. The molecule has 0 spiro atoms. The summed E-state index contributed by atoms with van der Waals surface area (Å²) < 4.78 is -1.78. The summed E-state index contributed by atoms with van der Waals surface area (Å²) in [6, 6.07) is 0. The Balaban J connectivity index is 3.28. The van der Waals surface area contributed by atoms with Crippen LogP contribution >= 0.6 is 46.1 Å². The fourth-order valence-corrected chi connectivity index (χ4v) is 2.16. The van der Waals surface area contributed by atoms with E-state index in [4.69, 9.17) is 39.9 Å². The van der Waals surface area contributed by atoms with E-state index < -0.39 is 9.76 Å². The molecule has 0 aliphatic heterocycles. The molecule has 1 N–H and O–H groups in total. The highest BCUT2D eigenvalue weighted by Crippen LogP contribution is 2.40. The lowest BCUT2D eigenvalue weighted by molar-refractivity contribution is 0.0701. The Labute approximate surface area is 93.3 Å². The van der Waals surface area contributed by atoms with Gasteiger partial charge in [-0.3, -0.25) is 0 Å². The molecule has 0 aliphatic carbocycles. The second-order valence-corrected chi connectivity index (χ2v) is 5.70. The first-order valence-corrected chi connectivity index (χ1v) is 5.05. The molecule has 0 amide bonds. The topological polar surface area (TPSA) is 50.2 Å². The number of halogens is 3. The van der Waals surface area contributed by atoms with Gasteiger partial charge in [-0.05, 0) is 6.92 Å². The first-order valence-electron chi connectivity index (χ1n) is 3.10. The Morgan fingerprint density at radius 3 is 2.38 bits per heavy atom. The zero-order chi connectivity index (χ0) is 10.2. The van der Waals surface area contributed by atoms with Crippen molar-refractivity contribution in [2.75, 3.05) is 0 Å². The van der Waals surface area contributed by atoms with Crippen LogP contribution in [-0.4, -0.2) is 16.1 Å². The lowest BCUT2D eigenvalue weighted by atomic mass is 10.4. The van der Waals surface area contributed by atoms with Gasteiger partial charge in [-0.1, -0.05) is 34.8 Å². The van der Waals surface area contributed by atoms with Crippen LogP contribution in [0.1, 0.15) is 20.4 Å². The van der Waals surface area contributed by atoms with Gasteiger partial charge in [0.1, 0.15) is 10.6 Å². The average molecular weight is 261 g/mol. The van der Waals surface area contributed by atoms with Crippen LogP contribution in [0.15, 0.2) is 0 Å². The molecule has 0 radical (unpaired) electrons. The molecule has 3 nitrogen and oxygen atoms in total. The molecule has 0 saturated heterocycles. The van der Waals surface area contributed by atoms with Crippen LogP contribution in [0.5, 0.6) is 0 Å². The van der Waals surface area contributed by atoms with Gasteiger partial charge in [0.25, 0.3) is 0 Å². The zero-order valence-corrected chi connectivity index (χ0v) is 9.43. The third-order valence-electron chi connectivity index (χ3n) is 1.20. The van der Waals surface area contributed by atoms with E-state index in [0.717, 1.165) is 11.3 Å². The van der Waals surface area contributed by atoms with Crippen molar-refractivity contribution in [2.24, 2.45) is 0 Å². The minimum absolute atomic E-state index is 0.0208. The molecule has 0 aliphatic rings. The van der Waals surface area contributed by atoms with Crippen molar-refractivity contribution in [1.29, 1.82) is 0 Å². The van der Waals surface area contributed by atoms with E-state index in [2.05, 4.69) is 4.98 Å². The molecule has 0 saturated carbocycles. The second kappa shape index (κ2) is 3.61. The summed E-state index contributed by atoms with van der Waals surface area (Å²) in [7, 11) is 0. The molecule has 1 aromatic rings. The summed E-state index contributed by atoms with van der Waals surface area (Å²) in [6.07, 6.45) is 0. The molecule has 0 fully saturated rings. The van der Waals surface area contributed by atoms with Crippen molar-refractivity contribution in [2.45, 2.75) is 10.7 Å². The number of aromatic nitrogens is 1. The minimum Gasteiger partial charge on any atom is -0.477 e. The molecule has 1 heterocycles. The van der Waals surface area contributed by atoms with Gasteiger partial charge in [0.05, 0.1) is 5.01 Å². The largest absolute Gasteiger partial charge is 0.477 e. The van der Waals surface area contributed by atoms with Crippen LogP contribution in [0.3, 0.4) is 0 Å². The van der Waals surface area contributed by atoms with Gasteiger partial charge in [-0.2, -0.15) is 0 Å². The van der Waals surface area contributed by atoms with E-state index in [1.165, 1.54) is 0 Å². The average Bonchev–Trinajstić information content (AvgIpc) is 2.29. The van der Waals surface area contributed by atoms with Crippen LogP contribution < -0.4 is 0 Å². The normalized spacial score (nSPS) is 11.7. The summed E-state index contributed by atoms with van der Waals surface area (Å²) in [5.41, 5.74) is -0.0208. The van der Waals surface area contributed by atoms with Gasteiger partial charge in [-0.15, -0.1) is 11.3 Å². The van der Waals surface area contributed by atoms with Gasteiger partial charge in [0.2, 0.25) is 3.79 Å². The van der Waals surface area contributed by atoms with Crippen LogP contribution in [0, 0.1) is 6.92 Å². The van der Waals surface area contributed by atoms with E-state index in [1.54, 1.807) is 6.92 Å². The maximum Gasteiger partial charge on any atom is 0.347 e. The Kier molecular flexibility index (Phi) is 3.07. The highest BCUT2D eigenvalue weighted by Gasteiger charge is 2.32. The predicted molar refractivity (Wildman–Crippen MR) is 53.0 cm³/mol. The molecule has 0 aromatic carbocycles. The molecule has 0 unspecified atom stereocenters. The number of hydrogen-bond donors (Lipinski definition) is 1. The molecule has 0 atom stereocenters. The van der Waals surface area contributed by atoms with Gasteiger partial charge in [-0.25, -0.2) is 9.78 Å². The van der Waals surface area contributed by atoms with Crippen molar-refractivity contribution in [3.8, 4) is 0 Å². The molecular weight excluding hydrogens is 256 g/mol. The molecule has 0 bridgehead atoms. The molecule has 7 heteroatoms. The van der Waals surface area contributed by atoms with Crippen LogP contribution in [0.25, 0.3) is 0 Å². The number of carbonyl (C=O) groups is 1. The zero-order valence-electron chi connectivity index (χ0n) is 6.34. The quantitative estimate of drug-likeness (QED) is 0.790. The lowest BCUT2D eigenvalue weighted by Crippen LogP contribution is -2.07. The first kappa shape index (κ1) is 11.0. The molecule has 1 aromatic heterocycles. The Bertz CT molecular complexity index is 344. The number of thiazole rings is 1. The maximum atomic E-state index is 10.7. The molecule has 1 rings (SSSR count). The Hall–Kier alpha value is -0.0300. The summed E-state index contributed by atoms with van der Waals surface area (Å²) in [4.78, 5) is 14.5. The predicted octanol–water partition coefficient (Wildman–Crippen LogP) is 2.98. The number of hydrogen-bond acceptors (Lipinski definition) is 3. The summed E-state index contributed by atoms with van der Waals surface area (Å²) in [5.74, 6) is -1.13. The summed E-state index contributed by atoms with van der Waals surface area (Å²) in [6.45, 7) is 1.65. The number of nitrogens with zero attached hydrogens (tertiary/aromatic N) is 1. The van der Waals surface area contributed by atoms with Crippen LogP contribution in [0.4, 0.5) is 0 Å². The monoisotopic (exact) mass is 259 g/mol. The van der Waals surface area contributed by atoms with Gasteiger partial charge >= 0.3 is 5.97 Å². The van der Waals surface area contributed by atoms with E-state index in [9.17, 15) is 4.79 Å². The van der Waals surface area contributed by atoms with E-state index >= 15 is 0 Å². The maximum absolute atomic E-state index is 10.7. The third kappa shape index (κ3) is 2.47. The van der Waals surface area contributed by atoms with Gasteiger partial charge in [0, 0.05) is 0 Å². The fourth-order valence-electron chi connectivity index (χ4n) is 0.764. The van der Waals surface area contributed by atoms with Gasteiger partial charge in [0.15, 0.2) is 0 Å². The number of carboxylic acid groups (broad SMARTS) is 1. The smallest absolute Gasteiger partial charge is 0.347 e.